The maximum Gasteiger partial charge on any atom is 0.355 e. The number of fused-ring (bicyclic) bond motifs is 1. The molecule has 0 saturated carbocycles. The second-order valence-corrected chi connectivity index (χ2v) is 8.79. The van der Waals surface area contributed by atoms with Crippen LogP contribution in [0.5, 0.6) is 0 Å². The molecule has 194 valence electrons. The van der Waals surface area contributed by atoms with Crippen molar-refractivity contribution in [1.29, 1.82) is 0 Å². The van der Waals surface area contributed by atoms with E-state index in [4.69, 9.17) is 11.6 Å². The van der Waals surface area contributed by atoms with Gasteiger partial charge in [-0.1, -0.05) is 17.7 Å². The molecule has 0 spiro atoms. The number of H-pyrrole nitrogens is 1. The van der Waals surface area contributed by atoms with Gasteiger partial charge in [0.2, 0.25) is 5.95 Å². The Labute approximate surface area is 215 Å². The summed E-state index contributed by atoms with van der Waals surface area (Å²) in [4.78, 5) is 49.2. The number of nitrogens with zero attached hydrogens (tertiary/aromatic N) is 5. The van der Waals surface area contributed by atoms with Crippen LogP contribution in [0.3, 0.4) is 0 Å². The van der Waals surface area contributed by atoms with Gasteiger partial charge in [-0.15, -0.1) is 0 Å². The van der Waals surface area contributed by atoms with Gasteiger partial charge in [0.05, 0.1) is 29.5 Å². The summed E-state index contributed by atoms with van der Waals surface area (Å²) in [5, 5.41) is 3.00. The zero-order valence-corrected chi connectivity index (χ0v) is 20.3. The first-order chi connectivity index (χ1) is 18.1. The molecule has 5 rings (SSSR count). The first kappa shape index (κ1) is 25.0. The van der Waals surface area contributed by atoms with Crippen LogP contribution in [0.15, 0.2) is 63.3 Å². The first-order valence-electron chi connectivity index (χ1n) is 11.0. The predicted octanol–water partition coefficient (Wildman–Crippen LogP) is 2.96. The van der Waals surface area contributed by atoms with Crippen LogP contribution in [-0.2, 0) is 13.1 Å². The molecule has 1 aromatic carbocycles. The van der Waals surface area contributed by atoms with Crippen molar-refractivity contribution in [2.45, 2.75) is 20.0 Å². The molecule has 4 heterocycles. The number of aromatic nitrogens is 6. The largest absolute Gasteiger partial charge is 0.355 e. The van der Waals surface area contributed by atoms with E-state index in [2.05, 4.69) is 20.3 Å². The zero-order valence-electron chi connectivity index (χ0n) is 19.5. The Morgan fingerprint density at radius 1 is 1.00 bits per heavy atom. The number of halogens is 4. The third kappa shape index (κ3) is 4.70. The third-order valence-electron chi connectivity index (χ3n) is 5.67. The van der Waals surface area contributed by atoms with Gasteiger partial charge >= 0.3 is 11.4 Å². The predicted molar refractivity (Wildman–Crippen MR) is 133 cm³/mol. The van der Waals surface area contributed by atoms with E-state index in [1.54, 1.807) is 29.8 Å². The average molecular weight is 544 g/mol. The highest BCUT2D eigenvalue weighted by Crippen LogP contribution is 2.26. The van der Waals surface area contributed by atoms with Gasteiger partial charge in [-0.2, -0.15) is 4.98 Å². The van der Waals surface area contributed by atoms with Crippen molar-refractivity contribution in [2.24, 2.45) is 0 Å². The molecule has 0 aliphatic heterocycles. The Morgan fingerprint density at radius 2 is 1.74 bits per heavy atom. The fraction of sp³-hybridized carbons (Fsp3) is 0.125. The fourth-order valence-corrected chi connectivity index (χ4v) is 4.08. The smallest absolute Gasteiger partial charge is 0.329 e. The van der Waals surface area contributed by atoms with Gasteiger partial charge in [0.25, 0.3) is 5.56 Å². The second kappa shape index (κ2) is 9.67. The monoisotopic (exact) mass is 543 g/mol. The Bertz CT molecular complexity index is 1870. The summed E-state index contributed by atoms with van der Waals surface area (Å²) < 4.78 is 44.6. The van der Waals surface area contributed by atoms with Crippen molar-refractivity contribution in [2.75, 3.05) is 5.32 Å². The number of imidazole rings is 1. The van der Waals surface area contributed by atoms with Crippen molar-refractivity contribution < 1.29 is 13.2 Å². The summed E-state index contributed by atoms with van der Waals surface area (Å²) in [6.45, 7) is 0.859. The lowest BCUT2D eigenvalue weighted by atomic mass is 10.2. The number of pyridine rings is 2. The van der Waals surface area contributed by atoms with Crippen LogP contribution in [0.4, 0.5) is 24.8 Å². The minimum absolute atomic E-state index is 0.101. The molecule has 0 saturated heterocycles. The van der Waals surface area contributed by atoms with Crippen LogP contribution < -0.4 is 22.3 Å². The normalized spacial score (nSPS) is 11.3. The number of benzene rings is 1. The second-order valence-electron chi connectivity index (χ2n) is 8.38. The molecule has 10 nitrogen and oxygen atoms in total. The molecule has 0 aliphatic carbocycles. The maximum absolute atomic E-state index is 13.9. The minimum Gasteiger partial charge on any atom is -0.329 e. The molecule has 0 fully saturated rings. The molecular formula is C24H17ClF3N7O3. The molecule has 0 atom stereocenters. The van der Waals surface area contributed by atoms with E-state index in [0.29, 0.717) is 15.9 Å². The molecule has 4 aromatic heterocycles. The minimum atomic E-state index is -1.67. The number of aromatic amines is 1. The fourth-order valence-electron chi connectivity index (χ4n) is 3.89. The molecule has 0 aliphatic rings. The number of hydrogen-bond acceptors (Lipinski definition) is 6. The van der Waals surface area contributed by atoms with Crippen LogP contribution in [0.1, 0.15) is 16.8 Å². The molecule has 2 N–H and O–H groups in total. The van der Waals surface area contributed by atoms with Gasteiger partial charge in [-0.25, -0.2) is 32.3 Å². The quantitative estimate of drug-likeness (QED) is 0.318. The number of aryl methyl sites for hydroxylation is 1. The van der Waals surface area contributed by atoms with E-state index >= 15 is 0 Å². The Morgan fingerprint density at radius 3 is 2.45 bits per heavy atom. The van der Waals surface area contributed by atoms with E-state index in [0.717, 1.165) is 16.7 Å². The highest BCUT2D eigenvalue weighted by molar-refractivity contribution is 6.33. The number of nitrogens with one attached hydrogen (secondary N) is 2. The van der Waals surface area contributed by atoms with E-state index in [1.807, 2.05) is 0 Å². The van der Waals surface area contributed by atoms with Crippen molar-refractivity contribution in [3.8, 4) is 0 Å². The highest BCUT2D eigenvalue weighted by Gasteiger charge is 2.19. The van der Waals surface area contributed by atoms with Crippen LogP contribution >= 0.6 is 11.6 Å². The standard InChI is InChI=1S/C24H17ClF3N7O3/c1-12-8-33-11-18(15(25)7-19(33)30-12)31-22-32-23(37)35(10-14-3-2-4-29-21(14)36)24(38)34(22)9-13-5-16(26)20(28)17(27)6-13/h2-8,11H,9-10H2,1H3,(H,29,36)(H,31,32,37). The third-order valence-corrected chi connectivity index (χ3v) is 5.98. The van der Waals surface area contributed by atoms with Gasteiger partial charge in [0.1, 0.15) is 5.65 Å². The van der Waals surface area contributed by atoms with Crippen LogP contribution in [-0.4, -0.2) is 28.5 Å². The topological polar surface area (TPSA) is 119 Å². The summed E-state index contributed by atoms with van der Waals surface area (Å²) in [6.07, 6.45) is 4.66. The van der Waals surface area contributed by atoms with Crippen LogP contribution in [0, 0.1) is 24.4 Å². The van der Waals surface area contributed by atoms with Crippen molar-refractivity contribution in [3.05, 3.63) is 120 Å². The van der Waals surface area contributed by atoms with Gasteiger partial charge in [-0.3, -0.25) is 9.36 Å². The maximum atomic E-state index is 13.9. The molecule has 14 heteroatoms. The van der Waals surface area contributed by atoms with E-state index < -0.39 is 47.5 Å². The molecular weight excluding hydrogens is 527 g/mol. The molecule has 0 bridgehead atoms. The van der Waals surface area contributed by atoms with Crippen LogP contribution in [0.2, 0.25) is 5.02 Å². The van der Waals surface area contributed by atoms with Gasteiger partial charge in [0.15, 0.2) is 17.5 Å². The summed E-state index contributed by atoms with van der Waals surface area (Å²) in [7, 11) is 0. The van der Waals surface area contributed by atoms with Crippen LogP contribution in [0.25, 0.3) is 5.65 Å². The van der Waals surface area contributed by atoms with E-state index in [-0.39, 0.29) is 27.8 Å². The molecule has 5 aromatic rings. The molecule has 0 amide bonds. The number of rotatable bonds is 6. The number of anilines is 2. The van der Waals surface area contributed by atoms with Gasteiger partial charge in [-0.05, 0) is 30.7 Å². The number of hydrogen-bond donors (Lipinski definition) is 2. The van der Waals surface area contributed by atoms with Crippen molar-refractivity contribution in [1.82, 2.24) is 28.5 Å². The SMILES string of the molecule is Cc1cn2cc(Nc3nc(=O)n(Cc4ccc[nH]c4=O)c(=O)n3Cc3cc(F)c(F)c(F)c3)c(Cl)cc2n1. The average Bonchev–Trinajstić information content (AvgIpc) is 3.22. The summed E-state index contributed by atoms with van der Waals surface area (Å²) in [6, 6.07) is 5.93. The first-order valence-corrected chi connectivity index (χ1v) is 11.4. The van der Waals surface area contributed by atoms with E-state index in [1.165, 1.54) is 18.3 Å². The summed E-state index contributed by atoms with van der Waals surface area (Å²) >= 11 is 6.38. The molecule has 38 heavy (non-hydrogen) atoms. The zero-order chi connectivity index (χ0) is 27.1. The summed E-state index contributed by atoms with van der Waals surface area (Å²) in [5.41, 5.74) is -0.986. The van der Waals surface area contributed by atoms with Crippen molar-refractivity contribution in [3.63, 3.8) is 0 Å². The van der Waals surface area contributed by atoms with Gasteiger partial charge in [0, 0.05) is 30.2 Å². The van der Waals surface area contributed by atoms with E-state index in [9.17, 15) is 27.6 Å². The Balaban J connectivity index is 1.65. The lowest BCUT2D eigenvalue weighted by molar-refractivity contribution is 0.444. The highest BCUT2D eigenvalue weighted by atomic mass is 35.5. The molecule has 0 unspecified atom stereocenters. The lowest BCUT2D eigenvalue weighted by Crippen LogP contribution is -2.43. The molecule has 0 radical (unpaired) electrons. The Hall–Kier alpha value is -4.65. The Kier molecular flexibility index (Phi) is 6.36. The lowest BCUT2D eigenvalue weighted by Gasteiger charge is -2.16. The summed E-state index contributed by atoms with van der Waals surface area (Å²) in [5.74, 6) is -4.88. The van der Waals surface area contributed by atoms with Gasteiger partial charge < -0.3 is 14.7 Å². The van der Waals surface area contributed by atoms with Crippen molar-refractivity contribution >= 4 is 28.9 Å².